The second kappa shape index (κ2) is 34.7. The van der Waals surface area contributed by atoms with E-state index in [1.165, 1.54) is 91.0 Å². The Morgan fingerprint density at radius 1 is 0.370 bits per heavy atom. The van der Waals surface area contributed by atoms with Gasteiger partial charge in [-0.15, -0.1) is 13.2 Å². The summed E-state index contributed by atoms with van der Waals surface area (Å²) in [4.78, 5) is 36.4. The monoisotopic (exact) mass is 1540 g/mol. The van der Waals surface area contributed by atoms with Gasteiger partial charge in [0.25, 0.3) is 6.43 Å². The summed E-state index contributed by atoms with van der Waals surface area (Å²) in [6.45, 7) is 16.5. The minimum atomic E-state index is -4.80. The molecule has 108 heavy (non-hydrogen) atoms. The quantitative estimate of drug-likeness (QED) is 0.0539. The van der Waals surface area contributed by atoms with Gasteiger partial charge in [-0.2, -0.15) is 29.0 Å². The number of benzene rings is 9. The predicted molar refractivity (Wildman–Crippen MR) is 389 cm³/mol. The van der Waals surface area contributed by atoms with Crippen LogP contribution in [0.2, 0.25) is 0 Å². The fraction of sp³-hybridized carbons (Fsp3) is 0.259. The number of hydrogen-bond acceptors (Lipinski definition) is 16. The second-order valence-electron chi connectivity index (χ2n) is 28.4. The lowest BCUT2D eigenvalue weighted by Crippen LogP contribution is -2.21. The van der Waals surface area contributed by atoms with E-state index < -0.39 is 94.1 Å². The van der Waals surface area contributed by atoms with Crippen molar-refractivity contribution in [3.05, 3.63) is 228 Å². The highest BCUT2D eigenvalue weighted by molar-refractivity contribution is 7.92. The number of sulfone groups is 3. The van der Waals surface area contributed by atoms with Gasteiger partial charge in [0.2, 0.25) is 0 Å². The molecule has 16 nitrogen and oxygen atoms in total. The highest BCUT2D eigenvalue weighted by Crippen LogP contribution is 2.39. The molecule has 9 rings (SSSR count). The topological polar surface area (TPSA) is 262 Å². The zero-order chi connectivity index (χ0) is 80.0. The molecule has 0 radical (unpaired) electrons. The zero-order valence-electron chi connectivity index (χ0n) is 59.8. The number of alkyl halides is 8. The van der Waals surface area contributed by atoms with Gasteiger partial charge in [-0.05, 0) is 165 Å². The number of ketones is 3. The molecule has 9 aromatic carbocycles. The van der Waals surface area contributed by atoms with E-state index in [4.69, 9.17) is 14.2 Å². The maximum Gasteiger partial charge on any atom is 0.573 e. The first-order valence-electron chi connectivity index (χ1n) is 32.8. The number of Topliss-reactive ketones (excluding diaryl/α,β-unsaturated/α-hetero) is 3. The number of halogens is 8. The maximum atomic E-state index is 13.1. The Balaban J connectivity index is 0.000000226. The molecule has 0 fully saturated rings. The lowest BCUT2D eigenvalue weighted by atomic mass is 9.90. The number of hydrogen-bond donors (Lipinski definition) is 0. The first kappa shape index (κ1) is 84.2. The molecule has 0 spiro atoms. The van der Waals surface area contributed by atoms with Gasteiger partial charge in [0, 0.05) is 24.8 Å². The molecule has 0 aliphatic carbocycles. The summed E-state index contributed by atoms with van der Waals surface area (Å²) in [5, 5.41) is 27.8. The summed E-state index contributed by atoms with van der Waals surface area (Å²) in [5.74, 6) is -3.24. The molecule has 0 saturated carbocycles. The molecule has 9 aromatic rings. The smallest absolute Gasteiger partial charge is 0.456 e. The van der Waals surface area contributed by atoms with Gasteiger partial charge in [-0.1, -0.05) is 147 Å². The minimum absolute atomic E-state index is 0.0160. The fourth-order valence-corrected chi connectivity index (χ4v) is 14.8. The largest absolute Gasteiger partial charge is 0.573 e. The molecule has 0 aromatic heterocycles. The van der Waals surface area contributed by atoms with Crippen molar-refractivity contribution in [3.8, 4) is 91.8 Å². The lowest BCUT2D eigenvalue weighted by Gasteiger charge is -2.17. The Kier molecular flexibility index (Phi) is 27.0. The van der Waals surface area contributed by atoms with Crippen molar-refractivity contribution in [3.63, 3.8) is 0 Å². The van der Waals surface area contributed by atoms with Crippen molar-refractivity contribution in [2.24, 2.45) is 16.2 Å². The molecular formula is C81H73F8N3O13S3. The van der Waals surface area contributed by atoms with Crippen LogP contribution < -0.4 is 18.9 Å². The van der Waals surface area contributed by atoms with Gasteiger partial charge in [0.05, 0.1) is 40.5 Å². The molecule has 0 amide bonds. The molecular weight excluding hydrogens is 1470 g/mol. The van der Waals surface area contributed by atoms with Crippen LogP contribution in [0.25, 0.3) is 33.4 Å². The fourth-order valence-electron chi connectivity index (χ4n) is 10.6. The molecule has 0 bridgehead atoms. The van der Waals surface area contributed by atoms with Gasteiger partial charge >= 0.3 is 12.5 Å². The number of carbonyl (C=O) groups is 3. The standard InChI is InChI=1S/C27H24F3NO5S.C27H24F3NO4S.C27H25F2NO4S/c1-26(2,3)15-21(32)17-37(33,34)25-13-18(16-31)7-12-24(25)35-23-6-4-5-20(14-23)19-8-10-22(11-9-19)36-27(28,29)30;1-26(2,3)15-22(32)17-36(33,34)25-13-18(16-31)7-12-24(25)35-23-6-4-5-20(14-23)19-8-10-21(11-9-19)27(28,29)30;1-27(2,3)15-22(31)17-35(32,33)25-13-18(16-30)7-12-24(25)34-23-6-4-5-21(14-23)19-8-10-20(11-9-19)26(28)29/h4-14H,15,17H2,1-3H3;4-14H,15,17H2,1-3H3;4-14,26H,15,17H2,1-3H3. The first-order chi connectivity index (χ1) is 50.2. The predicted octanol–water partition coefficient (Wildman–Crippen LogP) is 20.2. The lowest BCUT2D eigenvalue weighted by molar-refractivity contribution is -0.274. The Morgan fingerprint density at radius 3 is 0.917 bits per heavy atom. The van der Waals surface area contributed by atoms with Crippen molar-refractivity contribution in [1.82, 2.24) is 0 Å². The first-order valence-corrected chi connectivity index (χ1v) is 37.8. The van der Waals surface area contributed by atoms with Gasteiger partial charge in [0.1, 0.15) is 89.5 Å². The minimum Gasteiger partial charge on any atom is -0.456 e. The van der Waals surface area contributed by atoms with Crippen LogP contribution in [-0.2, 0) is 50.1 Å². The molecule has 564 valence electrons. The van der Waals surface area contributed by atoms with Crippen molar-refractivity contribution in [1.29, 1.82) is 15.8 Å². The molecule has 0 saturated heterocycles. The molecule has 0 unspecified atom stereocenters. The van der Waals surface area contributed by atoms with E-state index >= 15 is 0 Å². The Bertz CT molecular complexity index is 5260. The summed E-state index contributed by atoms with van der Waals surface area (Å²) < 4.78 is 202. The van der Waals surface area contributed by atoms with Crippen molar-refractivity contribution >= 4 is 46.9 Å². The van der Waals surface area contributed by atoms with Gasteiger partial charge < -0.3 is 18.9 Å². The number of nitriles is 3. The normalized spacial score (nSPS) is 12.0. The molecule has 0 aliphatic heterocycles. The molecule has 0 N–H and O–H groups in total. The summed E-state index contributed by atoms with van der Waals surface area (Å²) in [7, 11) is -12.3. The van der Waals surface area contributed by atoms with Crippen LogP contribution in [-0.4, -0.2) is 66.2 Å². The Morgan fingerprint density at radius 2 is 0.657 bits per heavy atom. The van der Waals surface area contributed by atoms with E-state index in [-0.39, 0.29) is 102 Å². The van der Waals surface area contributed by atoms with E-state index in [1.807, 2.05) is 80.5 Å². The second-order valence-corrected chi connectivity index (χ2v) is 34.3. The van der Waals surface area contributed by atoms with Crippen molar-refractivity contribution in [2.75, 3.05) is 17.3 Å². The summed E-state index contributed by atoms with van der Waals surface area (Å²) in [6, 6.07) is 52.8. The van der Waals surface area contributed by atoms with Crippen molar-refractivity contribution < 1.29 is 93.7 Å². The zero-order valence-corrected chi connectivity index (χ0v) is 62.2. The van der Waals surface area contributed by atoms with Crippen LogP contribution in [0, 0.1) is 50.2 Å². The molecule has 0 atom stereocenters. The van der Waals surface area contributed by atoms with Gasteiger partial charge in [-0.25, -0.2) is 34.0 Å². The number of carbonyl (C=O) groups excluding carboxylic acids is 3. The Hall–Kier alpha value is -11.1. The van der Waals surface area contributed by atoms with Crippen LogP contribution in [0.3, 0.4) is 0 Å². The third-order valence-corrected chi connectivity index (χ3v) is 20.2. The van der Waals surface area contributed by atoms with Gasteiger partial charge in [-0.3, -0.25) is 14.4 Å². The summed E-state index contributed by atoms with van der Waals surface area (Å²) >= 11 is 0. The van der Waals surface area contributed by atoms with E-state index in [1.54, 1.807) is 84.9 Å². The van der Waals surface area contributed by atoms with E-state index in [0.29, 0.717) is 39.1 Å². The third kappa shape index (κ3) is 25.6. The van der Waals surface area contributed by atoms with E-state index in [2.05, 4.69) is 4.74 Å². The van der Waals surface area contributed by atoms with Gasteiger partial charge in [0.15, 0.2) is 29.5 Å². The van der Waals surface area contributed by atoms with Crippen LogP contribution in [0.15, 0.2) is 215 Å². The molecule has 0 aliphatic rings. The number of ether oxygens (including phenoxy) is 4. The average Bonchev–Trinajstić information content (AvgIpc) is 0.803. The summed E-state index contributed by atoms with van der Waals surface area (Å²) in [5.41, 5.74) is 1.87. The highest BCUT2D eigenvalue weighted by Gasteiger charge is 2.34. The highest BCUT2D eigenvalue weighted by atomic mass is 32.2. The SMILES string of the molecule is CC(C)(C)CC(=O)CS(=O)(=O)c1cc(C#N)ccc1Oc1cccc(-c2ccc(C(F)(F)F)cc2)c1.CC(C)(C)CC(=O)CS(=O)(=O)c1cc(C#N)ccc1Oc1cccc(-c2ccc(C(F)F)cc2)c1.CC(C)(C)CC(=O)CS(=O)(=O)c1cc(C#N)ccc1Oc1cccc(-c2ccc(OC(F)(F)F)cc2)c1. The van der Waals surface area contributed by atoms with Crippen molar-refractivity contribution in [2.45, 2.75) is 115 Å². The third-order valence-electron chi connectivity index (χ3n) is 15.1. The number of rotatable bonds is 23. The van der Waals surface area contributed by atoms with E-state index in [0.717, 1.165) is 24.3 Å². The van der Waals surface area contributed by atoms with Crippen LogP contribution in [0.1, 0.15) is 116 Å². The molecule has 27 heteroatoms. The van der Waals surface area contributed by atoms with Crippen LogP contribution >= 0.6 is 0 Å². The van der Waals surface area contributed by atoms with Crippen LogP contribution in [0.5, 0.6) is 40.2 Å². The summed E-state index contributed by atoms with van der Waals surface area (Å²) in [6.07, 6.45) is -11.6. The molecule has 0 heterocycles. The maximum absolute atomic E-state index is 13.1. The Labute approximate surface area is 621 Å². The van der Waals surface area contributed by atoms with Crippen LogP contribution in [0.4, 0.5) is 35.1 Å². The average molecular weight is 1540 g/mol. The van der Waals surface area contributed by atoms with E-state index in [9.17, 15) is 90.5 Å². The number of nitrogens with zero attached hydrogens (tertiary/aromatic N) is 3.